The highest BCUT2D eigenvalue weighted by Crippen LogP contribution is 1.89. The quantitative estimate of drug-likeness (QED) is 0.504. The molecule has 0 fully saturated rings. The van der Waals surface area contributed by atoms with Crippen molar-refractivity contribution in [3.8, 4) is 12.3 Å². The Bertz CT molecular complexity index is 336. The topological polar surface area (TPSA) is 59.8 Å². The second-order valence-electron chi connectivity index (χ2n) is 2.43. The van der Waals surface area contributed by atoms with Gasteiger partial charge in [0.15, 0.2) is 5.69 Å². The van der Waals surface area contributed by atoms with Crippen LogP contribution >= 0.6 is 0 Å². The first-order valence-corrected chi connectivity index (χ1v) is 3.82. The number of carbonyl (C=O) groups excluding carboxylic acids is 1. The molecule has 1 amide bonds. The number of aryl methyl sites for hydroxylation is 1. The van der Waals surface area contributed by atoms with Crippen LogP contribution < -0.4 is 5.32 Å². The first-order chi connectivity index (χ1) is 6.24. The van der Waals surface area contributed by atoms with Crippen LogP contribution in [0.1, 0.15) is 16.9 Å². The van der Waals surface area contributed by atoms with Gasteiger partial charge in [-0.2, -0.15) is 9.90 Å². The van der Waals surface area contributed by atoms with Gasteiger partial charge < -0.3 is 5.32 Å². The molecule has 0 radical (unpaired) electrons. The third-order valence-corrected chi connectivity index (χ3v) is 1.39. The minimum absolute atomic E-state index is 0.247. The van der Waals surface area contributed by atoms with Gasteiger partial charge in [0.1, 0.15) is 0 Å². The maximum absolute atomic E-state index is 11.2. The zero-order chi connectivity index (χ0) is 9.68. The number of terminal acetylenes is 1. The smallest absolute Gasteiger partial charge is 0.273 e. The van der Waals surface area contributed by atoms with Crippen LogP contribution in [-0.4, -0.2) is 27.4 Å². The summed E-state index contributed by atoms with van der Waals surface area (Å²) in [6, 6.07) is 0. The normalized spacial score (nSPS) is 9.23. The van der Waals surface area contributed by atoms with Crippen molar-refractivity contribution in [2.75, 3.05) is 6.54 Å². The molecule has 0 unspecified atom stereocenters. The predicted octanol–water partition coefficient (Wildman–Crippen LogP) is -0.432. The second kappa shape index (κ2) is 4.26. The van der Waals surface area contributed by atoms with Crippen molar-refractivity contribution in [3.05, 3.63) is 11.9 Å². The highest BCUT2D eigenvalue weighted by atomic mass is 16.2. The number of nitrogens with zero attached hydrogens (tertiary/aromatic N) is 3. The minimum Gasteiger partial charge on any atom is -0.350 e. The predicted molar refractivity (Wildman–Crippen MR) is 46.8 cm³/mol. The van der Waals surface area contributed by atoms with Crippen molar-refractivity contribution in [1.29, 1.82) is 0 Å². The molecule has 5 heteroatoms. The second-order valence-corrected chi connectivity index (χ2v) is 2.43. The Labute approximate surface area is 76.1 Å². The molecule has 0 bridgehead atoms. The minimum atomic E-state index is -0.247. The first kappa shape index (κ1) is 9.26. The fourth-order valence-electron chi connectivity index (χ4n) is 0.789. The van der Waals surface area contributed by atoms with E-state index >= 15 is 0 Å². The third-order valence-electron chi connectivity index (χ3n) is 1.39. The maximum atomic E-state index is 11.2. The van der Waals surface area contributed by atoms with E-state index in [0.717, 1.165) is 0 Å². The Morgan fingerprint density at radius 2 is 2.62 bits per heavy atom. The molecule has 1 aromatic heterocycles. The summed E-state index contributed by atoms with van der Waals surface area (Å²) in [5.41, 5.74) is 0.305. The molecule has 5 nitrogen and oxygen atoms in total. The molecular formula is C8H10N4O. The summed E-state index contributed by atoms with van der Waals surface area (Å²) < 4.78 is 0. The standard InChI is InChI=1S/C8H10N4O/c1-3-4-5-9-8(13)7-6-10-12(2)11-7/h1,6H,4-5H2,2H3,(H,9,13). The van der Waals surface area contributed by atoms with Gasteiger partial charge >= 0.3 is 0 Å². The molecule has 0 aliphatic carbocycles. The van der Waals surface area contributed by atoms with Gasteiger partial charge in [-0.1, -0.05) is 0 Å². The van der Waals surface area contributed by atoms with E-state index in [1.165, 1.54) is 11.0 Å². The number of amides is 1. The van der Waals surface area contributed by atoms with Gasteiger partial charge in [-0.25, -0.2) is 0 Å². The van der Waals surface area contributed by atoms with Gasteiger partial charge in [-0.05, 0) is 0 Å². The lowest BCUT2D eigenvalue weighted by Gasteiger charge is -1.97. The van der Waals surface area contributed by atoms with E-state index < -0.39 is 0 Å². The van der Waals surface area contributed by atoms with Crippen molar-refractivity contribution < 1.29 is 4.79 Å². The van der Waals surface area contributed by atoms with E-state index in [0.29, 0.717) is 18.7 Å². The molecular weight excluding hydrogens is 168 g/mol. The van der Waals surface area contributed by atoms with Crippen LogP contribution in [0.2, 0.25) is 0 Å². The lowest BCUT2D eigenvalue weighted by Crippen LogP contribution is -2.24. The molecule has 1 aromatic rings. The number of hydrogen-bond donors (Lipinski definition) is 1. The molecule has 68 valence electrons. The molecule has 0 aliphatic rings. The number of aromatic nitrogens is 3. The van der Waals surface area contributed by atoms with Crippen LogP contribution in [0.5, 0.6) is 0 Å². The van der Waals surface area contributed by atoms with Crippen molar-refractivity contribution >= 4 is 5.91 Å². The number of rotatable bonds is 3. The summed E-state index contributed by atoms with van der Waals surface area (Å²) in [6.45, 7) is 0.464. The molecule has 0 spiro atoms. The Hall–Kier alpha value is -1.83. The van der Waals surface area contributed by atoms with Crippen LogP contribution in [0.3, 0.4) is 0 Å². The van der Waals surface area contributed by atoms with Gasteiger partial charge in [0.2, 0.25) is 0 Å². The third kappa shape index (κ3) is 2.60. The highest BCUT2D eigenvalue weighted by molar-refractivity contribution is 5.91. The van der Waals surface area contributed by atoms with Crippen molar-refractivity contribution in [1.82, 2.24) is 20.3 Å². The zero-order valence-electron chi connectivity index (χ0n) is 7.32. The summed E-state index contributed by atoms with van der Waals surface area (Å²) in [6.07, 6.45) is 6.95. The Morgan fingerprint density at radius 1 is 1.85 bits per heavy atom. The highest BCUT2D eigenvalue weighted by Gasteiger charge is 2.07. The summed E-state index contributed by atoms with van der Waals surface area (Å²) in [7, 11) is 1.65. The zero-order valence-corrected chi connectivity index (χ0v) is 7.32. The molecule has 0 atom stereocenters. The summed E-state index contributed by atoms with van der Waals surface area (Å²) in [4.78, 5) is 12.6. The SMILES string of the molecule is C#CCCNC(=O)c1cnn(C)n1. The summed E-state index contributed by atoms with van der Waals surface area (Å²) >= 11 is 0. The monoisotopic (exact) mass is 178 g/mol. The van der Waals surface area contributed by atoms with Crippen molar-refractivity contribution in [2.24, 2.45) is 7.05 Å². The van der Waals surface area contributed by atoms with Gasteiger partial charge in [-0.3, -0.25) is 4.79 Å². The summed E-state index contributed by atoms with van der Waals surface area (Å²) in [5.74, 6) is 2.18. The van der Waals surface area contributed by atoms with Crippen LogP contribution in [0.4, 0.5) is 0 Å². The maximum Gasteiger partial charge on any atom is 0.273 e. The lowest BCUT2D eigenvalue weighted by atomic mass is 10.4. The summed E-state index contributed by atoms with van der Waals surface area (Å²) in [5, 5.41) is 10.2. The van der Waals surface area contributed by atoms with Crippen molar-refractivity contribution in [3.63, 3.8) is 0 Å². The number of carbonyl (C=O) groups is 1. The van der Waals surface area contributed by atoms with Gasteiger partial charge in [0, 0.05) is 20.0 Å². The largest absolute Gasteiger partial charge is 0.350 e. The van der Waals surface area contributed by atoms with E-state index in [9.17, 15) is 4.79 Å². The Balaban J connectivity index is 2.45. The Kier molecular flexibility index (Phi) is 3.03. The molecule has 1 rings (SSSR count). The van der Waals surface area contributed by atoms with Crippen LogP contribution in [-0.2, 0) is 7.05 Å². The molecule has 1 N–H and O–H groups in total. The van der Waals surface area contributed by atoms with E-state index in [2.05, 4.69) is 21.4 Å². The average Bonchev–Trinajstić information content (AvgIpc) is 2.52. The molecule has 1 heterocycles. The van der Waals surface area contributed by atoms with Crippen LogP contribution in [0.25, 0.3) is 0 Å². The molecule has 0 saturated carbocycles. The van der Waals surface area contributed by atoms with E-state index in [1.54, 1.807) is 7.05 Å². The molecule has 13 heavy (non-hydrogen) atoms. The van der Waals surface area contributed by atoms with Crippen LogP contribution in [0.15, 0.2) is 6.20 Å². The molecule has 0 saturated heterocycles. The van der Waals surface area contributed by atoms with Crippen molar-refractivity contribution in [2.45, 2.75) is 6.42 Å². The molecule has 0 aliphatic heterocycles. The fraction of sp³-hybridized carbons (Fsp3) is 0.375. The number of nitrogens with one attached hydrogen (secondary N) is 1. The Morgan fingerprint density at radius 3 is 3.15 bits per heavy atom. The van der Waals surface area contributed by atoms with E-state index in [4.69, 9.17) is 6.42 Å². The van der Waals surface area contributed by atoms with Gasteiger partial charge in [-0.15, -0.1) is 17.4 Å². The van der Waals surface area contributed by atoms with E-state index in [-0.39, 0.29) is 5.91 Å². The number of hydrogen-bond acceptors (Lipinski definition) is 3. The van der Waals surface area contributed by atoms with E-state index in [1.807, 2.05) is 0 Å². The average molecular weight is 178 g/mol. The molecule has 0 aromatic carbocycles. The fourth-order valence-corrected chi connectivity index (χ4v) is 0.789. The van der Waals surface area contributed by atoms with Crippen LogP contribution in [0, 0.1) is 12.3 Å². The van der Waals surface area contributed by atoms with Gasteiger partial charge in [0.25, 0.3) is 5.91 Å². The lowest BCUT2D eigenvalue weighted by molar-refractivity contribution is 0.0949. The van der Waals surface area contributed by atoms with Gasteiger partial charge in [0.05, 0.1) is 6.20 Å². The first-order valence-electron chi connectivity index (χ1n) is 3.82.